The van der Waals surface area contributed by atoms with Crippen LogP contribution in [0.5, 0.6) is 0 Å². The topological polar surface area (TPSA) is 96.0 Å². The van der Waals surface area contributed by atoms with E-state index in [4.69, 9.17) is 11.0 Å². The molecule has 0 heterocycles. The Bertz CT molecular complexity index is 634. The molecule has 0 spiro atoms. The number of nitrogens with two attached hydrogens (primary N) is 1. The molecule has 3 N–H and O–H groups in total. The van der Waals surface area contributed by atoms with E-state index >= 15 is 0 Å². The highest BCUT2D eigenvalue weighted by Crippen LogP contribution is 2.28. The zero-order chi connectivity index (χ0) is 14.1. The number of hydrogen-bond acceptors (Lipinski definition) is 4. The van der Waals surface area contributed by atoms with Crippen molar-refractivity contribution in [2.75, 3.05) is 6.54 Å². The average molecular weight is 316 g/mol. The number of sulfonamides is 1. The molecule has 1 fully saturated rings. The van der Waals surface area contributed by atoms with Gasteiger partial charge in [-0.1, -0.05) is 0 Å². The van der Waals surface area contributed by atoms with Crippen molar-refractivity contribution in [1.82, 2.24) is 4.72 Å². The molecule has 5 nitrogen and oxygen atoms in total. The first-order valence-corrected chi connectivity index (χ1v) is 7.64. The Morgan fingerprint density at radius 3 is 2.55 bits per heavy atom. The smallest absolute Gasteiger partial charge is 0.240 e. The van der Waals surface area contributed by atoms with Crippen LogP contribution in [0.1, 0.15) is 30.4 Å². The number of nitrogens with zero attached hydrogens (tertiary/aromatic N) is 1. The molecular weight excluding hydrogens is 298 g/mol. The number of aryl methyl sites for hydroxylation is 1. The van der Waals surface area contributed by atoms with Gasteiger partial charge in [-0.25, -0.2) is 13.1 Å². The standard InChI is InChI=1S/C13H17N3O2S.ClH/c1-10-7-12(4-3-11(10)8-14)19(17,18)16-9-13(15)5-2-6-13;/h3-4,7,16H,2,5-6,9,15H2,1H3;1H. The van der Waals surface area contributed by atoms with Gasteiger partial charge in [0.2, 0.25) is 10.0 Å². The quantitative estimate of drug-likeness (QED) is 0.879. The van der Waals surface area contributed by atoms with E-state index in [0.717, 1.165) is 19.3 Å². The van der Waals surface area contributed by atoms with Gasteiger partial charge in [0.05, 0.1) is 16.5 Å². The highest BCUT2D eigenvalue weighted by atomic mass is 35.5. The maximum Gasteiger partial charge on any atom is 0.240 e. The lowest BCUT2D eigenvalue weighted by molar-refractivity contribution is 0.251. The van der Waals surface area contributed by atoms with Crippen molar-refractivity contribution in [2.45, 2.75) is 36.6 Å². The lowest BCUT2D eigenvalue weighted by Crippen LogP contribution is -2.54. The average Bonchev–Trinajstić information content (AvgIpc) is 2.34. The van der Waals surface area contributed by atoms with Crippen molar-refractivity contribution in [3.63, 3.8) is 0 Å². The van der Waals surface area contributed by atoms with E-state index in [2.05, 4.69) is 4.72 Å². The summed E-state index contributed by atoms with van der Waals surface area (Å²) >= 11 is 0. The summed E-state index contributed by atoms with van der Waals surface area (Å²) in [6, 6.07) is 6.48. The van der Waals surface area contributed by atoms with Gasteiger partial charge in [-0.2, -0.15) is 5.26 Å². The summed E-state index contributed by atoms with van der Waals surface area (Å²) in [5.41, 5.74) is 6.73. The minimum absolute atomic E-state index is 0. The first-order chi connectivity index (χ1) is 8.86. The molecule has 1 aromatic carbocycles. The molecule has 1 aliphatic carbocycles. The summed E-state index contributed by atoms with van der Waals surface area (Å²) in [7, 11) is -3.56. The fraction of sp³-hybridized carbons (Fsp3) is 0.462. The lowest BCUT2D eigenvalue weighted by Gasteiger charge is -2.38. The van der Waals surface area contributed by atoms with Gasteiger partial charge in [0.1, 0.15) is 0 Å². The number of rotatable bonds is 4. The maximum atomic E-state index is 12.1. The highest BCUT2D eigenvalue weighted by Gasteiger charge is 2.33. The molecule has 20 heavy (non-hydrogen) atoms. The Labute approximate surface area is 125 Å². The predicted octanol–water partition coefficient (Wildman–Crippen LogP) is 1.45. The third-order valence-electron chi connectivity index (χ3n) is 3.59. The zero-order valence-electron chi connectivity index (χ0n) is 11.2. The molecule has 7 heteroatoms. The molecule has 0 amide bonds. The largest absolute Gasteiger partial charge is 0.324 e. The van der Waals surface area contributed by atoms with Crippen LogP contribution in [-0.2, 0) is 10.0 Å². The predicted molar refractivity (Wildman–Crippen MR) is 79.1 cm³/mol. The van der Waals surface area contributed by atoms with E-state index < -0.39 is 15.6 Å². The van der Waals surface area contributed by atoms with Gasteiger partial charge in [0.15, 0.2) is 0 Å². The molecule has 0 aromatic heterocycles. The van der Waals surface area contributed by atoms with Crippen LogP contribution < -0.4 is 10.5 Å². The number of halogens is 1. The third-order valence-corrected chi connectivity index (χ3v) is 4.99. The van der Waals surface area contributed by atoms with Gasteiger partial charge in [-0.3, -0.25) is 0 Å². The number of benzene rings is 1. The van der Waals surface area contributed by atoms with Crippen LogP contribution in [0.25, 0.3) is 0 Å². The molecule has 0 atom stereocenters. The maximum absolute atomic E-state index is 12.1. The van der Waals surface area contributed by atoms with Crippen molar-refractivity contribution in [3.8, 4) is 6.07 Å². The summed E-state index contributed by atoms with van der Waals surface area (Å²) in [6.07, 6.45) is 2.75. The van der Waals surface area contributed by atoms with Crippen molar-refractivity contribution < 1.29 is 8.42 Å². The number of hydrogen-bond donors (Lipinski definition) is 2. The number of nitriles is 1. The van der Waals surface area contributed by atoms with Gasteiger partial charge in [-0.15, -0.1) is 12.4 Å². The Hall–Kier alpha value is -1.13. The fourth-order valence-electron chi connectivity index (χ4n) is 2.06. The molecule has 0 bridgehead atoms. The summed E-state index contributed by atoms with van der Waals surface area (Å²) in [5, 5.41) is 8.83. The molecule has 1 aromatic rings. The summed E-state index contributed by atoms with van der Waals surface area (Å²) in [5.74, 6) is 0. The van der Waals surface area contributed by atoms with Crippen LogP contribution in [0.3, 0.4) is 0 Å². The van der Waals surface area contributed by atoms with Gasteiger partial charge in [0, 0.05) is 12.1 Å². The summed E-state index contributed by atoms with van der Waals surface area (Å²) in [6.45, 7) is 1.97. The van der Waals surface area contributed by atoms with Gasteiger partial charge < -0.3 is 5.73 Å². The van der Waals surface area contributed by atoms with E-state index in [9.17, 15) is 8.42 Å². The second kappa shape index (κ2) is 6.10. The van der Waals surface area contributed by atoms with E-state index in [1.807, 2.05) is 6.07 Å². The minimum Gasteiger partial charge on any atom is -0.324 e. The molecule has 0 unspecified atom stereocenters. The third kappa shape index (κ3) is 3.49. The monoisotopic (exact) mass is 315 g/mol. The molecule has 0 saturated heterocycles. The van der Waals surface area contributed by atoms with Crippen LogP contribution in [0.4, 0.5) is 0 Å². The molecule has 110 valence electrons. The first-order valence-electron chi connectivity index (χ1n) is 6.16. The molecule has 0 radical (unpaired) electrons. The van der Waals surface area contributed by atoms with E-state index in [0.29, 0.717) is 11.1 Å². The molecule has 1 saturated carbocycles. The molecule has 2 rings (SSSR count). The zero-order valence-corrected chi connectivity index (χ0v) is 12.9. The lowest BCUT2D eigenvalue weighted by atomic mass is 9.78. The molecule has 1 aliphatic rings. The van der Waals surface area contributed by atoms with Crippen molar-refractivity contribution >= 4 is 22.4 Å². The molecule has 0 aliphatic heterocycles. The van der Waals surface area contributed by atoms with E-state index in [1.165, 1.54) is 18.2 Å². The van der Waals surface area contributed by atoms with Crippen LogP contribution >= 0.6 is 12.4 Å². The van der Waals surface area contributed by atoms with Crippen LogP contribution in [0, 0.1) is 18.3 Å². The Kier molecular flexibility index (Phi) is 5.16. The minimum atomic E-state index is -3.56. The van der Waals surface area contributed by atoms with Crippen molar-refractivity contribution in [3.05, 3.63) is 29.3 Å². The van der Waals surface area contributed by atoms with Gasteiger partial charge >= 0.3 is 0 Å². The summed E-state index contributed by atoms with van der Waals surface area (Å²) < 4.78 is 26.8. The second-order valence-corrected chi connectivity index (χ2v) is 6.90. The fourth-order valence-corrected chi connectivity index (χ4v) is 3.28. The number of nitrogens with one attached hydrogen (secondary N) is 1. The highest BCUT2D eigenvalue weighted by molar-refractivity contribution is 7.89. The first kappa shape index (κ1) is 16.9. The van der Waals surface area contributed by atoms with E-state index in [1.54, 1.807) is 6.92 Å². The van der Waals surface area contributed by atoms with Crippen LogP contribution in [0.15, 0.2) is 23.1 Å². The Morgan fingerprint density at radius 2 is 2.10 bits per heavy atom. The van der Waals surface area contributed by atoms with Gasteiger partial charge in [0.25, 0.3) is 0 Å². The normalized spacial score (nSPS) is 16.6. The second-order valence-electron chi connectivity index (χ2n) is 5.13. The summed E-state index contributed by atoms with van der Waals surface area (Å²) in [4.78, 5) is 0.173. The SMILES string of the molecule is Cc1cc(S(=O)(=O)NCC2(N)CCC2)ccc1C#N.Cl. The van der Waals surface area contributed by atoms with Crippen molar-refractivity contribution in [2.24, 2.45) is 5.73 Å². The Morgan fingerprint density at radius 1 is 1.45 bits per heavy atom. The Balaban J connectivity index is 0.00000200. The van der Waals surface area contributed by atoms with Crippen LogP contribution in [-0.4, -0.2) is 20.5 Å². The van der Waals surface area contributed by atoms with Gasteiger partial charge in [-0.05, 0) is 49.9 Å². The van der Waals surface area contributed by atoms with Crippen LogP contribution in [0.2, 0.25) is 0 Å². The van der Waals surface area contributed by atoms with Crippen molar-refractivity contribution in [1.29, 1.82) is 5.26 Å². The van der Waals surface area contributed by atoms with E-state index in [-0.39, 0.29) is 23.8 Å². The molecular formula is C13H18ClN3O2S.